The first-order valence-corrected chi connectivity index (χ1v) is 7.36. The smallest absolute Gasteiger partial charge is 0.119 e. The van der Waals surface area contributed by atoms with Crippen molar-refractivity contribution in [3.8, 4) is 5.75 Å². The molecule has 2 aromatic rings. The SMILES string of the molecule is CCOc1ccc(C2CC(c3ccccc3N)NN2)cc1. The average Bonchev–Trinajstić information content (AvgIpc) is 2.98. The lowest BCUT2D eigenvalue weighted by Gasteiger charge is -2.12. The minimum atomic E-state index is 0.239. The van der Waals surface area contributed by atoms with Crippen LogP contribution in [0.1, 0.15) is 36.6 Å². The van der Waals surface area contributed by atoms with E-state index < -0.39 is 0 Å². The third-order valence-corrected chi connectivity index (χ3v) is 3.87. The van der Waals surface area contributed by atoms with Gasteiger partial charge in [-0.25, -0.2) is 10.9 Å². The van der Waals surface area contributed by atoms with Crippen LogP contribution in [0.5, 0.6) is 5.75 Å². The van der Waals surface area contributed by atoms with Crippen LogP contribution in [0.15, 0.2) is 48.5 Å². The van der Waals surface area contributed by atoms with Gasteiger partial charge in [-0.1, -0.05) is 30.3 Å². The Hall–Kier alpha value is -2.04. The quantitative estimate of drug-likeness (QED) is 0.755. The molecule has 4 heteroatoms. The van der Waals surface area contributed by atoms with E-state index in [1.165, 1.54) is 5.56 Å². The molecule has 21 heavy (non-hydrogen) atoms. The average molecular weight is 283 g/mol. The molecule has 3 rings (SSSR count). The number of ether oxygens (including phenoxy) is 1. The first kappa shape index (κ1) is 13.9. The molecule has 1 saturated heterocycles. The number of hydrazine groups is 1. The van der Waals surface area contributed by atoms with Crippen molar-refractivity contribution in [2.45, 2.75) is 25.4 Å². The van der Waals surface area contributed by atoms with Gasteiger partial charge >= 0.3 is 0 Å². The summed E-state index contributed by atoms with van der Waals surface area (Å²) in [5.74, 6) is 0.913. The molecule has 1 aliphatic rings. The van der Waals surface area contributed by atoms with Gasteiger partial charge in [0.2, 0.25) is 0 Å². The molecule has 4 nitrogen and oxygen atoms in total. The second kappa shape index (κ2) is 6.16. The van der Waals surface area contributed by atoms with Crippen molar-refractivity contribution in [3.63, 3.8) is 0 Å². The summed E-state index contributed by atoms with van der Waals surface area (Å²) in [5, 5.41) is 0. The number of rotatable bonds is 4. The minimum Gasteiger partial charge on any atom is -0.494 e. The van der Waals surface area contributed by atoms with Crippen molar-refractivity contribution in [1.82, 2.24) is 10.9 Å². The largest absolute Gasteiger partial charge is 0.494 e. The van der Waals surface area contributed by atoms with E-state index in [1.54, 1.807) is 0 Å². The van der Waals surface area contributed by atoms with Crippen molar-refractivity contribution < 1.29 is 4.74 Å². The number of hydrogen-bond acceptors (Lipinski definition) is 4. The van der Waals surface area contributed by atoms with Crippen LogP contribution in [0.3, 0.4) is 0 Å². The Labute approximate surface area is 125 Å². The Morgan fingerprint density at radius 2 is 1.76 bits per heavy atom. The Morgan fingerprint density at radius 3 is 2.48 bits per heavy atom. The molecule has 0 aliphatic carbocycles. The Kier molecular flexibility index (Phi) is 4.08. The molecule has 0 spiro atoms. The van der Waals surface area contributed by atoms with Gasteiger partial charge in [-0.3, -0.25) is 0 Å². The number of para-hydroxylation sites is 1. The monoisotopic (exact) mass is 283 g/mol. The standard InChI is InChI=1S/C17H21N3O/c1-2-21-13-9-7-12(8-10-13)16-11-17(20-19-16)14-5-3-4-6-15(14)18/h3-10,16-17,19-20H,2,11,18H2,1H3. The molecule has 2 atom stereocenters. The Bertz CT molecular complexity index is 597. The van der Waals surface area contributed by atoms with Gasteiger partial charge in [-0.05, 0) is 42.7 Å². The van der Waals surface area contributed by atoms with E-state index in [0.29, 0.717) is 6.61 Å². The van der Waals surface area contributed by atoms with Crippen LogP contribution in [-0.4, -0.2) is 6.61 Å². The van der Waals surface area contributed by atoms with E-state index in [2.05, 4.69) is 29.1 Å². The number of nitrogen functional groups attached to an aromatic ring is 1. The number of hydrogen-bond donors (Lipinski definition) is 3. The fourth-order valence-corrected chi connectivity index (χ4v) is 2.77. The van der Waals surface area contributed by atoms with Crippen molar-refractivity contribution in [2.24, 2.45) is 0 Å². The van der Waals surface area contributed by atoms with Crippen LogP contribution in [0, 0.1) is 0 Å². The normalized spacial score (nSPS) is 21.4. The number of nitrogens with two attached hydrogens (primary N) is 1. The summed E-state index contributed by atoms with van der Waals surface area (Å²) in [6, 6.07) is 16.8. The van der Waals surface area contributed by atoms with Crippen LogP contribution in [0.25, 0.3) is 0 Å². The maximum atomic E-state index is 6.05. The zero-order valence-electron chi connectivity index (χ0n) is 12.2. The molecule has 0 radical (unpaired) electrons. The predicted octanol–water partition coefficient (Wildman–Crippen LogP) is 2.95. The lowest BCUT2D eigenvalue weighted by atomic mass is 9.97. The molecule has 0 amide bonds. The second-order valence-electron chi connectivity index (χ2n) is 5.26. The Morgan fingerprint density at radius 1 is 1.05 bits per heavy atom. The lowest BCUT2D eigenvalue weighted by Crippen LogP contribution is -2.27. The zero-order valence-corrected chi connectivity index (χ0v) is 12.2. The summed E-state index contributed by atoms with van der Waals surface area (Å²) < 4.78 is 5.48. The van der Waals surface area contributed by atoms with Crippen molar-refractivity contribution in [1.29, 1.82) is 0 Å². The summed E-state index contributed by atoms with van der Waals surface area (Å²) in [4.78, 5) is 0. The highest BCUT2D eigenvalue weighted by molar-refractivity contribution is 5.48. The van der Waals surface area contributed by atoms with Crippen LogP contribution < -0.4 is 21.3 Å². The summed E-state index contributed by atoms with van der Waals surface area (Å²) in [7, 11) is 0. The highest BCUT2D eigenvalue weighted by Crippen LogP contribution is 2.33. The second-order valence-corrected chi connectivity index (χ2v) is 5.26. The number of benzene rings is 2. The minimum absolute atomic E-state index is 0.239. The van der Waals surface area contributed by atoms with E-state index in [1.807, 2.05) is 37.3 Å². The fraction of sp³-hybridized carbons (Fsp3) is 0.294. The van der Waals surface area contributed by atoms with Crippen molar-refractivity contribution in [3.05, 3.63) is 59.7 Å². The third-order valence-electron chi connectivity index (χ3n) is 3.87. The maximum absolute atomic E-state index is 6.05. The highest BCUT2D eigenvalue weighted by Gasteiger charge is 2.27. The van der Waals surface area contributed by atoms with Gasteiger partial charge in [0.25, 0.3) is 0 Å². The molecule has 1 fully saturated rings. The lowest BCUT2D eigenvalue weighted by molar-refractivity contribution is 0.340. The first-order chi connectivity index (χ1) is 10.3. The molecule has 0 aromatic heterocycles. The fourth-order valence-electron chi connectivity index (χ4n) is 2.77. The van der Waals surface area contributed by atoms with E-state index >= 15 is 0 Å². The van der Waals surface area contributed by atoms with E-state index in [0.717, 1.165) is 23.4 Å². The molecule has 2 aromatic carbocycles. The van der Waals surface area contributed by atoms with Gasteiger partial charge in [0, 0.05) is 11.7 Å². The summed E-state index contributed by atoms with van der Waals surface area (Å²) in [6.45, 7) is 2.68. The van der Waals surface area contributed by atoms with Crippen molar-refractivity contribution in [2.75, 3.05) is 12.3 Å². The predicted molar refractivity (Wildman–Crippen MR) is 84.8 cm³/mol. The van der Waals surface area contributed by atoms with E-state index in [9.17, 15) is 0 Å². The summed E-state index contributed by atoms with van der Waals surface area (Å²) >= 11 is 0. The zero-order chi connectivity index (χ0) is 14.7. The molecular weight excluding hydrogens is 262 g/mol. The van der Waals surface area contributed by atoms with Crippen LogP contribution in [-0.2, 0) is 0 Å². The van der Waals surface area contributed by atoms with Crippen LogP contribution in [0.2, 0.25) is 0 Å². The molecule has 0 saturated carbocycles. The maximum Gasteiger partial charge on any atom is 0.119 e. The molecule has 1 heterocycles. The summed E-state index contributed by atoms with van der Waals surface area (Å²) in [6.07, 6.45) is 0.974. The molecule has 1 aliphatic heterocycles. The highest BCUT2D eigenvalue weighted by atomic mass is 16.5. The summed E-state index contributed by atoms with van der Waals surface area (Å²) in [5.41, 5.74) is 16.0. The first-order valence-electron chi connectivity index (χ1n) is 7.36. The number of nitrogens with one attached hydrogen (secondary N) is 2. The molecule has 110 valence electrons. The van der Waals surface area contributed by atoms with Crippen LogP contribution >= 0.6 is 0 Å². The van der Waals surface area contributed by atoms with Gasteiger partial charge in [-0.15, -0.1) is 0 Å². The third kappa shape index (κ3) is 3.01. The van der Waals surface area contributed by atoms with Crippen molar-refractivity contribution >= 4 is 5.69 Å². The number of anilines is 1. The molecule has 2 unspecified atom stereocenters. The van der Waals surface area contributed by atoms with Gasteiger partial charge in [0.1, 0.15) is 5.75 Å². The Balaban J connectivity index is 1.71. The molecule has 4 N–H and O–H groups in total. The van der Waals surface area contributed by atoms with E-state index in [-0.39, 0.29) is 12.1 Å². The molecule has 0 bridgehead atoms. The van der Waals surface area contributed by atoms with Gasteiger partial charge in [0.05, 0.1) is 12.6 Å². The molecular formula is C17H21N3O. The van der Waals surface area contributed by atoms with Gasteiger partial charge in [-0.2, -0.15) is 0 Å². The topological polar surface area (TPSA) is 59.3 Å². The van der Waals surface area contributed by atoms with E-state index in [4.69, 9.17) is 10.5 Å². The van der Waals surface area contributed by atoms with Gasteiger partial charge < -0.3 is 10.5 Å². The van der Waals surface area contributed by atoms with Crippen LogP contribution in [0.4, 0.5) is 5.69 Å². The van der Waals surface area contributed by atoms with Gasteiger partial charge in [0.15, 0.2) is 0 Å².